The van der Waals surface area contributed by atoms with Gasteiger partial charge in [-0.15, -0.1) is 0 Å². The summed E-state index contributed by atoms with van der Waals surface area (Å²) in [4.78, 5) is 11.3. The van der Waals surface area contributed by atoms with E-state index in [9.17, 15) is 13.2 Å². The maximum atomic E-state index is 11.9. The highest BCUT2D eigenvalue weighted by Gasteiger charge is 2.24. The Morgan fingerprint density at radius 2 is 2.12 bits per heavy atom. The summed E-state index contributed by atoms with van der Waals surface area (Å²) in [5, 5.41) is 0. The fraction of sp³-hybridized carbons (Fsp3) is 0.417. The van der Waals surface area contributed by atoms with Gasteiger partial charge in [0.25, 0.3) is 0 Å². The van der Waals surface area contributed by atoms with Gasteiger partial charge in [0.05, 0.1) is 4.90 Å². The van der Waals surface area contributed by atoms with Crippen LogP contribution in [0.2, 0.25) is 0 Å². The molecular weight excluding hydrogens is 238 g/mol. The highest BCUT2D eigenvalue weighted by atomic mass is 32.2. The number of sulfonamides is 1. The molecule has 1 aliphatic rings. The van der Waals surface area contributed by atoms with Gasteiger partial charge in [-0.3, -0.25) is 4.79 Å². The molecule has 4 nitrogen and oxygen atoms in total. The minimum atomic E-state index is -3.47. The molecule has 0 bridgehead atoms. The lowest BCUT2D eigenvalue weighted by Gasteiger charge is -2.06. The molecule has 0 atom stereocenters. The van der Waals surface area contributed by atoms with Crippen molar-refractivity contribution in [1.82, 2.24) is 4.72 Å². The van der Waals surface area contributed by atoms with Crippen LogP contribution in [0.5, 0.6) is 0 Å². The van der Waals surface area contributed by atoms with E-state index < -0.39 is 10.0 Å². The third-order valence-corrected chi connectivity index (χ3v) is 4.23. The van der Waals surface area contributed by atoms with Gasteiger partial charge in [-0.25, -0.2) is 13.1 Å². The van der Waals surface area contributed by atoms with Gasteiger partial charge in [0.1, 0.15) is 0 Å². The molecule has 1 aromatic carbocycles. The lowest BCUT2D eigenvalue weighted by Crippen LogP contribution is -2.26. The Morgan fingerprint density at radius 1 is 1.41 bits per heavy atom. The van der Waals surface area contributed by atoms with E-state index >= 15 is 0 Å². The van der Waals surface area contributed by atoms with Crippen LogP contribution in [0.1, 0.15) is 30.1 Å². The molecule has 92 valence electrons. The molecule has 0 amide bonds. The van der Waals surface area contributed by atoms with Gasteiger partial charge in [-0.05, 0) is 37.8 Å². The Balaban J connectivity index is 2.19. The van der Waals surface area contributed by atoms with Gasteiger partial charge in [0, 0.05) is 12.1 Å². The van der Waals surface area contributed by atoms with Crippen LogP contribution >= 0.6 is 0 Å². The summed E-state index contributed by atoms with van der Waals surface area (Å²) >= 11 is 0. The van der Waals surface area contributed by atoms with Crippen LogP contribution in [-0.2, 0) is 10.0 Å². The SMILES string of the molecule is CC(=O)c1cccc(S(=O)(=O)NCC2CC2)c1. The van der Waals surface area contributed by atoms with Crippen LogP contribution in [-0.4, -0.2) is 20.7 Å². The summed E-state index contributed by atoms with van der Waals surface area (Å²) in [7, 11) is -3.47. The third-order valence-electron chi connectivity index (χ3n) is 2.81. The van der Waals surface area contributed by atoms with E-state index in [4.69, 9.17) is 0 Å². The number of Topliss-reactive ketones (excluding diaryl/α,β-unsaturated/α-hetero) is 1. The van der Waals surface area contributed by atoms with E-state index in [0.717, 1.165) is 12.8 Å². The van der Waals surface area contributed by atoms with Crippen LogP contribution in [0.15, 0.2) is 29.2 Å². The second kappa shape index (κ2) is 4.58. The number of nitrogens with one attached hydrogen (secondary N) is 1. The predicted octanol–water partition coefficient (Wildman–Crippen LogP) is 1.58. The molecule has 5 heteroatoms. The Labute approximate surface area is 101 Å². The average molecular weight is 253 g/mol. The van der Waals surface area contributed by atoms with Crippen molar-refractivity contribution in [2.24, 2.45) is 5.92 Å². The van der Waals surface area contributed by atoms with Crippen molar-refractivity contribution in [3.05, 3.63) is 29.8 Å². The summed E-state index contributed by atoms with van der Waals surface area (Å²) in [6, 6.07) is 6.11. The highest BCUT2D eigenvalue weighted by Crippen LogP contribution is 2.28. The second-order valence-electron chi connectivity index (χ2n) is 4.38. The molecule has 0 radical (unpaired) electrons. The molecule has 0 unspecified atom stereocenters. The molecule has 2 rings (SSSR count). The zero-order valence-corrected chi connectivity index (χ0v) is 10.5. The number of carbonyl (C=O) groups excluding carboxylic acids is 1. The fourth-order valence-electron chi connectivity index (χ4n) is 1.52. The topological polar surface area (TPSA) is 63.2 Å². The van der Waals surface area contributed by atoms with E-state index in [1.807, 2.05) is 0 Å². The number of rotatable bonds is 5. The molecule has 17 heavy (non-hydrogen) atoms. The van der Waals surface area contributed by atoms with Crippen LogP contribution in [0.25, 0.3) is 0 Å². The lowest BCUT2D eigenvalue weighted by molar-refractivity contribution is 0.101. The van der Waals surface area contributed by atoms with Crippen LogP contribution < -0.4 is 4.72 Å². The highest BCUT2D eigenvalue weighted by molar-refractivity contribution is 7.89. The van der Waals surface area contributed by atoms with Crippen LogP contribution in [0.4, 0.5) is 0 Å². The van der Waals surface area contributed by atoms with E-state index in [0.29, 0.717) is 18.0 Å². The van der Waals surface area contributed by atoms with Crippen molar-refractivity contribution in [3.8, 4) is 0 Å². The zero-order chi connectivity index (χ0) is 12.5. The van der Waals surface area contributed by atoms with Crippen molar-refractivity contribution < 1.29 is 13.2 Å². The molecule has 1 N–H and O–H groups in total. The van der Waals surface area contributed by atoms with Crippen molar-refractivity contribution in [1.29, 1.82) is 0 Å². The summed E-state index contributed by atoms with van der Waals surface area (Å²) in [5.41, 5.74) is 0.416. The molecule has 0 heterocycles. The quantitative estimate of drug-likeness (QED) is 0.810. The smallest absolute Gasteiger partial charge is 0.240 e. The first kappa shape index (κ1) is 12.3. The summed E-state index contributed by atoms with van der Waals surface area (Å²) in [6.07, 6.45) is 2.19. The molecule has 0 aliphatic heterocycles. The van der Waals surface area contributed by atoms with E-state index in [2.05, 4.69) is 4.72 Å². The number of carbonyl (C=O) groups is 1. The Kier molecular flexibility index (Phi) is 3.31. The van der Waals surface area contributed by atoms with Gasteiger partial charge in [0.2, 0.25) is 10.0 Å². The first-order valence-corrected chi connectivity index (χ1v) is 7.08. The van der Waals surface area contributed by atoms with Crippen molar-refractivity contribution in [2.45, 2.75) is 24.7 Å². The maximum absolute atomic E-state index is 11.9. The fourth-order valence-corrected chi connectivity index (χ4v) is 2.68. The average Bonchev–Trinajstić information content (AvgIpc) is 3.10. The van der Waals surface area contributed by atoms with Crippen LogP contribution in [0, 0.1) is 5.92 Å². The Morgan fingerprint density at radius 3 is 2.71 bits per heavy atom. The predicted molar refractivity (Wildman–Crippen MR) is 64.4 cm³/mol. The maximum Gasteiger partial charge on any atom is 0.240 e. The van der Waals surface area contributed by atoms with Crippen molar-refractivity contribution >= 4 is 15.8 Å². The summed E-state index contributed by atoms with van der Waals surface area (Å²) in [6.45, 7) is 1.91. The van der Waals surface area contributed by atoms with Crippen molar-refractivity contribution in [2.75, 3.05) is 6.54 Å². The van der Waals surface area contributed by atoms with E-state index in [1.54, 1.807) is 12.1 Å². The number of ketones is 1. The molecule has 0 spiro atoms. The van der Waals surface area contributed by atoms with Gasteiger partial charge in [0.15, 0.2) is 5.78 Å². The normalized spacial score (nSPS) is 15.8. The minimum Gasteiger partial charge on any atom is -0.295 e. The molecule has 1 aliphatic carbocycles. The standard InChI is InChI=1S/C12H15NO3S/c1-9(14)11-3-2-4-12(7-11)17(15,16)13-8-10-5-6-10/h2-4,7,10,13H,5-6,8H2,1H3. The van der Waals surface area contributed by atoms with Gasteiger partial charge in [-0.1, -0.05) is 12.1 Å². The molecule has 0 aromatic heterocycles. The van der Waals surface area contributed by atoms with E-state index in [-0.39, 0.29) is 10.7 Å². The largest absolute Gasteiger partial charge is 0.295 e. The van der Waals surface area contributed by atoms with Gasteiger partial charge >= 0.3 is 0 Å². The molecule has 1 saturated carbocycles. The summed E-state index contributed by atoms with van der Waals surface area (Å²) in [5.74, 6) is 0.352. The second-order valence-corrected chi connectivity index (χ2v) is 6.15. The number of benzene rings is 1. The first-order valence-electron chi connectivity index (χ1n) is 5.60. The molecule has 1 fully saturated rings. The summed E-state index contributed by atoms with van der Waals surface area (Å²) < 4.78 is 26.4. The number of hydrogen-bond donors (Lipinski definition) is 1. The minimum absolute atomic E-state index is 0.135. The third kappa shape index (κ3) is 3.14. The van der Waals surface area contributed by atoms with Crippen molar-refractivity contribution in [3.63, 3.8) is 0 Å². The zero-order valence-electron chi connectivity index (χ0n) is 9.64. The lowest BCUT2D eigenvalue weighted by atomic mass is 10.2. The van der Waals surface area contributed by atoms with Crippen LogP contribution in [0.3, 0.4) is 0 Å². The Bertz CT molecular complexity index is 532. The van der Waals surface area contributed by atoms with E-state index in [1.165, 1.54) is 19.1 Å². The molecular formula is C12H15NO3S. The molecule has 1 aromatic rings. The number of hydrogen-bond acceptors (Lipinski definition) is 3. The van der Waals surface area contributed by atoms with Gasteiger partial charge in [-0.2, -0.15) is 0 Å². The first-order chi connectivity index (χ1) is 7.99. The van der Waals surface area contributed by atoms with Gasteiger partial charge < -0.3 is 0 Å². The molecule has 0 saturated heterocycles. The Hall–Kier alpha value is -1.20. The monoisotopic (exact) mass is 253 g/mol.